The lowest BCUT2D eigenvalue weighted by atomic mass is 10.1. The lowest BCUT2D eigenvalue weighted by Crippen LogP contribution is -2.51. The van der Waals surface area contributed by atoms with Crippen molar-refractivity contribution in [3.8, 4) is 0 Å². The van der Waals surface area contributed by atoms with Crippen molar-refractivity contribution in [1.82, 2.24) is 0 Å². The van der Waals surface area contributed by atoms with E-state index in [9.17, 15) is 0 Å². The molecule has 2 nitrogen and oxygen atoms in total. The van der Waals surface area contributed by atoms with E-state index in [1.807, 2.05) is 0 Å². The fraction of sp³-hybridized carbons (Fsp3) is 1.00. The van der Waals surface area contributed by atoms with Gasteiger partial charge in [0.1, 0.15) is 25.7 Å². The monoisotopic (exact) mass is 272 g/mol. The summed E-state index contributed by atoms with van der Waals surface area (Å²) in [7, 11) is 0. The normalized spacial score (nSPS) is 13.7. The van der Waals surface area contributed by atoms with E-state index in [-0.39, 0.29) is 0 Å². The van der Waals surface area contributed by atoms with E-state index in [0.29, 0.717) is 6.10 Å². The zero-order valence-corrected chi connectivity index (χ0v) is 14.2. The largest absolute Gasteiger partial charge is 0.200 e. The first-order valence-electron chi connectivity index (χ1n) is 8.72. The summed E-state index contributed by atoms with van der Waals surface area (Å²) in [5.41, 5.74) is 0. The zero-order chi connectivity index (χ0) is 14.6. The van der Waals surface area contributed by atoms with Crippen molar-refractivity contribution in [1.29, 1.82) is 0 Å². The lowest BCUT2D eigenvalue weighted by molar-refractivity contribution is -1.11. The van der Waals surface area contributed by atoms with Crippen molar-refractivity contribution < 1.29 is 9.48 Å². The molecule has 0 spiro atoms. The Hall–Kier alpha value is -0.0800. The van der Waals surface area contributed by atoms with E-state index >= 15 is 0 Å². The number of quaternary nitrogens is 1. The number of rotatable bonds is 13. The average molecular weight is 272 g/mol. The van der Waals surface area contributed by atoms with Crippen molar-refractivity contribution in [2.24, 2.45) is 0 Å². The van der Waals surface area contributed by atoms with E-state index in [4.69, 9.17) is 4.84 Å². The summed E-state index contributed by atoms with van der Waals surface area (Å²) in [5, 5.41) is 0. The van der Waals surface area contributed by atoms with Crippen LogP contribution in [0, 0.1) is 0 Å². The van der Waals surface area contributed by atoms with Crippen LogP contribution in [-0.2, 0) is 4.84 Å². The van der Waals surface area contributed by atoms with Crippen molar-refractivity contribution in [3.05, 3.63) is 0 Å². The first-order chi connectivity index (χ1) is 9.17. The molecule has 0 N–H and O–H groups in total. The van der Waals surface area contributed by atoms with Gasteiger partial charge < -0.3 is 0 Å². The Morgan fingerprint density at radius 1 is 0.684 bits per heavy atom. The van der Waals surface area contributed by atoms with Gasteiger partial charge in [-0.3, -0.25) is 0 Å². The Morgan fingerprint density at radius 3 is 1.58 bits per heavy atom. The summed E-state index contributed by atoms with van der Waals surface area (Å²) < 4.78 is 0.901. The van der Waals surface area contributed by atoms with Gasteiger partial charge in [-0.25, -0.2) is 0 Å². The highest BCUT2D eigenvalue weighted by molar-refractivity contribution is 4.55. The minimum Gasteiger partial charge on any atom is -0.200 e. The molecule has 19 heavy (non-hydrogen) atoms. The van der Waals surface area contributed by atoms with Crippen LogP contribution in [0.1, 0.15) is 86.0 Å². The van der Waals surface area contributed by atoms with Gasteiger partial charge in [0, 0.05) is 0 Å². The quantitative estimate of drug-likeness (QED) is 0.325. The second kappa shape index (κ2) is 11.7. The zero-order valence-electron chi connectivity index (χ0n) is 14.2. The molecule has 0 rings (SSSR count). The molecule has 1 unspecified atom stereocenters. The maximum atomic E-state index is 6.64. The fourth-order valence-corrected chi connectivity index (χ4v) is 3.04. The van der Waals surface area contributed by atoms with E-state index < -0.39 is 0 Å². The SMILES string of the molecule is CCCCC(CCC)O[N+](CCC)(CCC)CCC. The van der Waals surface area contributed by atoms with E-state index in [1.165, 1.54) is 71.0 Å². The van der Waals surface area contributed by atoms with Gasteiger partial charge in [-0.15, -0.1) is 0 Å². The third-order valence-electron chi connectivity index (χ3n) is 3.76. The third kappa shape index (κ3) is 7.94. The molecular weight excluding hydrogens is 234 g/mol. The first-order valence-corrected chi connectivity index (χ1v) is 8.72. The summed E-state index contributed by atoms with van der Waals surface area (Å²) in [6.45, 7) is 14.9. The van der Waals surface area contributed by atoms with Crippen LogP contribution < -0.4 is 0 Å². The van der Waals surface area contributed by atoms with Crippen LogP contribution in [-0.4, -0.2) is 30.4 Å². The predicted octanol–water partition coefficient (Wildman–Crippen LogP) is 5.32. The summed E-state index contributed by atoms with van der Waals surface area (Å²) in [4.78, 5) is 6.64. The lowest BCUT2D eigenvalue weighted by Gasteiger charge is -2.38. The minimum atomic E-state index is 0.467. The van der Waals surface area contributed by atoms with Gasteiger partial charge in [0.2, 0.25) is 0 Å². The molecule has 0 aromatic rings. The van der Waals surface area contributed by atoms with Crippen LogP contribution in [0.2, 0.25) is 0 Å². The highest BCUT2D eigenvalue weighted by Gasteiger charge is 2.30. The second-order valence-corrected chi connectivity index (χ2v) is 5.89. The Labute approximate surface area is 122 Å². The van der Waals surface area contributed by atoms with Crippen molar-refractivity contribution >= 4 is 0 Å². The Balaban J connectivity index is 4.68. The molecule has 0 aliphatic heterocycles. The average Bonchev–Trinajstić information content (AvgIpc) is 2.37. The van der Waals surface area contributed by atoms with E-state index in [1.54, 1.807) is 0 Å². The van der Waals surface area contributed by atoms with Crippen LogP contribution in [0.15, 0.2) is 0 Å². The number of nitrogens with zero attached hydrogens (tertiary/aromatic N) is 1. The molecule has 1 atom stereocenters. The Morgan fingerprint density at radius 2 is 1.21 bits per heavy atom. The summed E-state index contributed by atoms with van der Waals surface area (Å²) in [6, 6.07) is 0. The molecular formula is C17H38NO+. The highest BCUT2D eigenvalue weighted by Crippen LogP contribution is 2.21. The summed E-state index contributed by atoms with van der Waals surface area (Å²) in [6.07, 6.45) is 10.4. The minimum absolute atomic E-state index is 0.467. The van der Waals surface area contributed by atoms with Crippen LogP contribution >= 0.6 is 0 Å². The molecule has 0 amide bonds. The molecule has 0 aromatic heterocycles. The third-order valence-corrected chi connectivity index (χ3v) is 3.76. The molecule has 2 heteroatoms. The number of hydrogen-bond acceptors (Lipinski definition) is 1. The van der Waals surface area contributed by atoms with Gasteiger partial charge >= 0.3 is 0 Å². The Kier molecular flexibility index (Phi) is 11.7. The van der Waals surface area contributed by atoms with Crippen LogP contribution in [0.4, 0.5) is 0 Å². The maximum Gasteiger partial charge on any atom is 0.117 e. The van der Waals surface area contributed by atoms with Crippen molar-refractivity contribution in [2.75, 3.05) is 19.6 Å². The van der Waals surface area contributed by atoms with Gasteiger partial charge in [-0.2, -0.15) is 9.48 Å². The molecule has 116 valence electrons. The molecule has 0 saturated carbocycles. The molecule has 0 aliphatic rings. The molecule has 0 bridgehead atoms. The van der Waals surface area contributed by atoms with Gasteiger partial charge in [0.05, 0.1) is 0 Å². The van der Waals surface area contributed by atoms with Crippen molar-refractivity contribution in [2.45, 2.75) is 92.1 Å². The van der Waals surface area contributed by atoms with Crippen LogP contribution in [0.5, 0.6) is 0 Å². The highest BCUT2D eigenvalue weighted by atomic mass is 16.7. The van der Waals surface area contributed by atoms with Crippen LogP contribution in [0.25, 0.3) is 0 Å². The Bertz CT molecular complexity index is 177. The molecule has 0 aliphatic carbocycles. The van der Waals surface area contributed by atoms with Crippen LogP contribution in [0.3, 0.4) is 0 Å². The smallest absolute Gasteiger partial charge is 0.117 e. The molecule has 0 saturated heterocycles. The van der Waals surface area contributed by atoms with Gasteiger partial charge in [0.15, 0.2) is 0 Å². The van der Waals surface area contributed by atoms with Gasteiger partial charge in [-0.05, 0) is 32.1 Å². The van der Waals surface area contributed by atoms with Gasteiger partial charge in [0.25, 0.3) is 0 Å². The molecule has 0 heterocycles. The second-order valence-electron chi connectivity index (χ2n) is 5.89. The number of unbranched alkanes of at least 4 members (excludes halogenated alkanes) is 1. The fourth-order valence-electron chi connectivity index (χ4n) is 3.04. The first kappa shape index (κ1) is 18.9. The molecule has 0 aromatic carbocycles. The maximum absolute atomic E-state index is 6.64. The topological polar surface area (TPSA) is 9.23 Å². The van der Waals surface area contributed by atoms with Gasteiger partial charge in [-0.1, -0.05) is 53.9 Å². The van der Waals surface area contributed by atoms with Crippen molar-refractivity contribution in [3.63, 3.8) is 0 Å². The number of hydroxylamine groups is 3. The standard InChI is InChI=1S/C17H38NO/c1-6-11-13-17(12-7-2)19-18(14-8-3,15-9-4)16-10-5/h17H,6-16H2,1-5H3/q+1. The van der Waals surface area contributed by atoms with E-state index in [2.05, 4.69) is 34.6 Å². The summed E-state index contributed by atoms with van der Waals surface area (Å²) >= 11 is 0. The molecule has 0 radical (unpaired) electrons. The number of hydrogen-bond donors (Lipinski definition) is 0. The predicted molar refractivity (Wildman–Crippen MR) is 85.0 cm³/mol. The molecule has 0 fully saturated rings. The summed E-state index contributed by atoms with van der Waals surface area (Å²) in [5.74, 6) is 0. The van der Waals surface area contributed by atoms with E-state index in [0.717, 1.165) is 4.65 Å².